The number of rotatable bonds is 5. The molecule has 0 saturated carbocycles. The second kappa shape index (κ2) is 6.52. The SMILES string of the molecule is C=C/C(C)=C\CNCCN. The third-order valence-electron chi connectivity index (χ3n) is 1.21. The van der Waals surface area contributed by atoms with E-state index in [2.05, 4.69) is 18.0 Å². The summed E-state index contributed by atoms with van der Waals surface area (Å²) in [5, 5.41) is 3.15. The van der Waals surface area contributed by atoms with Gasteiger partial charge in [0.25, 0.3) is 0 Å². The van der Waals surface area contributed by atoms with Crippen molar-refractivity contribution in [2.75, 3.05) is 19.6 Å². The van der Waals surface area contributed by atoms with Gasteiger partial charge in [0.2, 0.25) is 0 Å². The lowest BCUT2D eigenvalue weighted by molar-refractivity contribution is 0.752. The van der Waals surface area contributed by atoms with E-state index in [1.54, 1.807) is 0 Å². The van der Waals surface area contributed by atoms with Crippen molar-refractivity contribution in [2.45, 2.75) is 6.92 Å². The minimum atomic E-state index is 0.695. The summed E-state index contributed by atoms with van der Waals surface area (Å²) in [6.45, 7) is 8.12. The van der Waals surface area contributed by atoms with Crippen molar-refractivity contribution in [3.05, 3.63) is 24.3 Å². The maximum atomic E-state index is 5.27. The van der Waals surface area contributed by atoms with Gasteiger partial charge in [-0.1, -0.05) is 24.3 Å². The monoisotopic (exact) mass is 140 g/mol. The van der Waals surface area contributed by atoms with E-state index in [0.717, 1.165) is 13.1 Å². The average Bonchev–Trinajstić information content (AvgIpc) is 1.98. The van der Waals surface area contributed by atoms with Gasteiger partial charge in [-0.2, -0.15) is 0 Å². The molecule has 2 nitrogen and oxygen atoms in total. The van der Waals surface area contributed by atoms with E-state index in [0.29, 0.717) is 6.54 Å². The summed E-state index contributed by atoms with van der Waals surface area (Å²) in [6.07, 6.45) is 3.92. The van der Waals surface area contributed by atoms with E-state index in [4.69, 9.17) is 5.73 Å². The molecule has 0 rings (SSSR count). The van der Waals surface area contributed by atoms with Crippen molar-refractivity contribution in [1.82, 2.24) is 5.32 Å². The smallest absolute Gasteiger partial charge is 0.0141 e. The zero-order valence-corrected chi connectivity index (χ0v) is 6.56. The lowest BCUT2D eigenvalue weighted by atomic mass is 10.3. The van der Waals surface area contributed by atoms with Crippen LogP contribution in [0.2, 0.25) is 0 Å². The number of nitrogens with two attached hydrogens (primary N) is 1. The molecule has 58 valence electrons. The van der Waals surface area contributed by atoms with Crippen LogP contribution >= 0.6 is 0 Å². The van der Waals surface area contributed by atoms with Gasteiger partial charge in [-0.3, -0.25) is 0 Å². The van der Waals surface area contributed by atoms with Crippen molar-refractivity contribution in [3.63, 3.8) is 0 Å². The fraction of sp³-hybridized carbons (Fsp3) is 0.500. The Morgan fingerprint density at radius 3 is 2.90 bits per heavy atom. The average molecular weight is 140 g/mol. The Hall–Kier alpha value is -0.600. The molecule has 0 radical (unpaired) electrons. The highest BCUT2D eigenvalue weighted by Crippen LogP contribution is 1.89. The molecule has 2 heteroatoms. The molecule has 0 aromatic carbocycles. The second-order valence-electron chi connectivity index (χ2n) is 2.15. The van der Waals surface area contributed by atoms with Gasteiger partial charge < -0.3 is 11.1 Å². The van der Waals surface area contributed by atoms with E-state index in [9.17, 15) is 0 Å². The Morgan fingerprint density at radius 1 is 1.70 bits per heavy atom. The van der Waals surface area contributed by atoms with Crippen LogP contribution in [0.3, 0.4) is 0 Å². The predicted octanol–water partition coefficient (Wildman–Crippen LogP) is 0.667. The first-order valence-corrected chi connectivity index (χ1v) is 3.51. The first-order chi connectivity index (χ1) is 4.81. The maximum absolute atomic E-state index is 5.27. The maximum Gasteiger partial charge on any atom is 0.0141 e. The first kappa shape index (κ1) is 9.40. The molecule has 0 heterocycles. The summed E-state index contributed by atoms with van der Waals surface area (Å²) >= 11 is 0. The summed E-state index contributed by atoms with van der Waals surface area (Å²) in [5.41, 5.74) is 6.47. The Labute approximate surface area is 62.8 Å². The minimum Gasteiger partial charge on any atom is -0.329 e. The molecule has 10 heavy (non-hydrogen) atoms. The van der Waals surface area contributed by atoms with Crippen LogP contribution in [0.1, 0.15) is 6.92 Å². The number of allylic oxidation sites excluding steroid dienone is 2. The molecular weight excluding hydrogens is 124 g/mol. The van der Waals surface area contributed by atoms with Gasteiger partial charge in [-0.25, -0.2) is 0 Å². The predicted molar refractivity (Wildman–Crippen MR) is 45.9 cm³/mol. The molecule has 3 N–H and O–H groups in total. The molecule has 0 unspecified atom stereocenters. The topological polar surface area (TPSA) is 38.0 Å². The molecule has 0 atom stereocenters. The van der Waals surface area contributed by atoms with Gasteiger partial charge in [0.15, 0.2) is 0 Å². The van der Waals surface area contributed by atoms with Crippen molar-refractivity contribution < 1.29 is 0 Å². The van der Waals surface area contributed by atoms with Crippen LogP contribution in [0.5, 0.6) is 0 Å². The van der Waals surface area contributed by atoms with Crippen LogP contribution in [-0.4, -0.2) is 19.6 Å². The highest BCUT2D eigenvalue weighted by Gasteiger charge is 1.80. The van der Waals surface area contributed by atoms with Gasteiger partial charge in [0.1, 0.15) is 0 Å². The third-order valence-corrected chi connectivity index (χ3v) is 1.21. The van der Waals surface area contributed by atoms with Crippen molar-refractivity contribution >= 4 is 0 Å². The fourth-order valence-corrected chi connectivity index (χ4v) is 0.521. The zero-order chi connectivity index (χ0) is 7.82. The van der Waals surface area contributed by atoms with E-state index in [1.165, 1.54) is 5.57 Å². The lowest BCUT2D eigenvalue weighted by Gasteiger charge is -1.96. The number of hydrogen-bond donors (Lipinski definition) is 2. The van der Waals surface area contributed by atoms with Gasteiger partial charge in [-0.15, -0.1) is 0 Å². The third kappa shape index (κ3) is 5.54. The van der Waals surface area contributed by atoms with Crippen molar-refractivity contribution in [1.29, 1.82) is 0 Å². The molecule has 0 bridgehead atoms. The quantitative estimate of drug-likeness (QED) is 0.435. The van der Waals surface area contributed by atoms with Crippen LogP contribution in [0.15, 0.2) is 24.3 Å². The van der Waals surface area contributed by atoms with Crippen LogP contribution in [0.25, 0.3) is 0 Å². The molecule has 0 fully saturated rings. The lowest BCUT2D eigenvalue weighted by Crippen LogP contribution is -2.22. The zero-order valence-electron chi connectivity index (χ0n) is 6.56. The van der Waals surface area contributed by atoms with Crippen LogP contribution in [-0.2, 0) is 0 Å². The molecule has 0 aliphatic carbocycles. The Bertz CT molecular complexity index is 116. The largest absolute Gasteiger partial charge is 0.329 e. The molecule has 0 aliphatic heterocycles. The second-order valence-corrected chi connectivity index (χ2v) is 2.15. The van der Waals surface area contributed by atoms with Crippen LogP contribution in [0.4, 0.5) is 0 Å². The molecular formula is C8H16N2. The Kier molecular flexibility index (Phi) is 6.13. The van der Waals surface area contributed by atoms with Gasteiger partial charge in [-0.05, 0) is 6.92 Å². The number of nitrogens with one attached hydrogen (secondary N) is 1. The number of hydrogen-bond acceptors (Lipinski definition) is 2. The highest BCUT2D eigenvalue weighted by atomic mass is 14.9. The molecule has 0 aromatic rings. The highest BCUT2D eigenvalue weighted by molar-refractivity contribution is 5.12. The fourth-order valence-electron chi connectivity index (χ4n) is 0.521. The van der Waals surface area contributed by atoms with Crippen LogP contribution < -0.4 is 11.1 Å². The summed E-state index contributed by atoms with van der Waals surface area (Å²) in [4.78, 5) is 0. The molecule has 0 amide bonds. The standard InChI is InChI=1S/C8H16N2/c1-3-8(2)4-6-10-7-5-9/h3-4,10H,1,5-7,9H2,2H3/b8-4-. The summed E-state index contributed by atoms with van der Waals surface area (Å²) < 4.78 is 0. The molecule has 0 aromatic heterocycles. The van der Waals surface area contributed by atoms with E-state index in [-0.39, 0.29) is 0 Å². The molecule has 0 spiro atoms. The summed E-state index contributed by atoms with van der Waals surface area (Å²) in [6, 6.07) is 0. The summed E-state index contributed by atoms with van der Waals surface area (Å²) in [7, 11) is 0. The Morgan fingerprint density at radius 2 is 2.40 bits per heavy atom. The normalized spacial score (nSPS) is 11.6. The van der Waals surface area contributed by atoms with E-state index < -0.39 is 0 Å². The first-order valence-electron chi connectivity index (χ1n) is 3.51. The minimum absolute atomic E-state index is 0.695. The van der Waals surface area contributed by atoms with Gasteiger partial charge >= 0.3 is 0 Å². The van der Waals surface area contributed by atoms with Crippen LogP contribution in [0, 0.1) is 0 Å². The van der Waals surface area contributed by atoms with Crippen molar-refractivity contribution in [3.8, 4) is 0 Å². The Balaban J connectivity index is 3.24. The van der Waals surface area contributed by atoms with Gasteiger partial charge in [0.05, 0.1) is 0 Å². The van der Waals surface area contributed by atoms with E-state index in [1.807, 2.05) is 13.0 Å². The van der Waals surface area contributed by atoms with Gasteiger partial charge in [0, 0.05) is 19.6 Å². The summed E-state index contributed by atoms with van der Waals surface area (Å²) in [5.74, 6) is 0. The molecule has 0 saturated heterocycles. The van der Waals surface area contributed by atoms with Crippen molar-refractivity contribution in [2.24, 2.45) is 5.73 Å². The molecule has 0 aliphatic rings. The van der Waals surface area contributed by atoms with E-state index >= 15 is 0 Å².